The van der Waals surface area contributed by atoms with Gasteiger partial charge in [-0.2, -0.15) is 0 Å². The van der Waals surface area contributed by atoms with Crippen LogP contribution in [0, 0.1) is 17.3 Å². The van der Waals surface area contributed by atoms with Crippen molar-refractivity contribution in [1.29, 1.82) is 0 Å². The quantitative estimate of drug-likeness (QED) is 0.0999. The van der Waals surface area contributed by atoms with Gasteiger partial charge < -0.3 is 39.9 Å². The third-order valence-electron chi connectivity index (χ3n) is 14.3. The fraction of sp³-hybridized carbons (Fsp3) is 0.373. The molecule has 4 aliphatic rings. The second kappa shape index (κ2) is 16.9. The lowest BCUT2D eigenvalue weighted by Crippen LogP contribution is -2.54. The number of H-pyrrole nitrogens is 2. The van der Waals surface area contributed by atoms with Crippen LogP contribution in [0.1, 0.15) is 87.7 Å². The molecule has 2 aromatic heterocycles. The van der Waals surface area contributed by atoms with Crippen molar-refractivity contribution in [1.82, 2.24) is 40.4 Å². The average Bonchev–Trinajstić information content (AvgIpc) is 3.97. The molecule has 4 heterocycles. The van der Waals surface area contributed by atoms with Gasteiger partial charge in [-0.3, -0.25) is 9.59 Å². The number of aromatic nitrogens is 4. The molecule has 2 saturated carbocycles. The van der Waals surface area contributed by atoms with Crippen LogP contribution in [0.15, 0.2) is 103 Å². The maximum atomic E-state index is 14.3. The number of hydrogen-bond acceptors (Lipinski definition) is 8. The lowest BCUT2D eigenvalue weighted by molar-refractivity contribution is -0.139. The van der Waals surface area contributed by atoms with Gasteiger partial charge in [-0.15, -0.1) is 0 Å². The maximum Gasteiger partial charge on any atom is 0.407 e. The van der Waals surface area contributed by atoms with Crippen molar-refractivity contribution in [2.75, 3.05) is 20.8 Å². The molecule has 2 aliphatic carbocycles. The Morgan fingerprint density at radius 1 is 0.723 bits per heavy atom. The Kier molecular flexibility index (Phi) is 10.9. The minimum Gasteiger partial charge on any atom is -0.453 e. The average molecular weight is 875 g/mol. The van der Waals surface area contributed by atoms with Crippen LogP contribution >= 0.6 is 0 Å². The summed E-state index contributed by atoms with van der Waals surface area (Å²) in [7, 11) is 2.61. The summed E-state index contributed by atoms with van der Waals surface area (Å²) in [4.78, 5) is 73.4. The van der Waals surface area contributed by atoms with E-state index >= 15 is 0 Å². The van der Waals surface area contributed by atoms with Crippen molar-refractivity contribution in [3.63, 3.8) is 0 Å². The molecule has 2 aliphatic heterocycles. The van der Waals surface area contributed by atoms with Crippen LogP contribution in [0.5, 0.6) is 0 Å². The van der Waals surface area contributed by atoms with Gasteiger partial charge in [-0.25, -0.2) is 19.6 Å². The van der Waals surface area contributed by atoms with E-state index in [0.717, 1.165) is 94.6 Å². The van der Waals surface area contributed by atoms with Gasteiger partial charge in [-0.1, -0.05) is 92.7 Å². The molecule has 14 nitrogen and oxygen atoms in total. The standard InChI is InChI=1S/C51H54N8O6/c1-29(2)42(56-49(62)64-3)48(61)59-38-19-18-37(24-38)44(59)46-53-26-39(55-46)31-12-10-30(11-13-31)33-14-15-35-23-36(17-16-34(35)22-33)40-27-52-45(54-40)41-25-51(20-21-51)28-58(41)47(60)43(57-50(63)65-4)32-8-6-5-7-9-32/h5-17,22-23,26-27,29,37-38,41-44H,18-21,24-25,28H2,1-4H3,(H,52,54)(H,53,55)(H,56,62)(H,57,63)/t37?,38?,41-,42-,43-,44?/m0/s1. The highest BCUT2D eigenvalue weighted by molar-refractivity contribution is 5.91. The van der Waals surface area contributed by atoms with Crippen LogP contribution in [0.4, 0.5) is 9.59 Å². The molecule has 0 radical (unpaired) electrons. The molecule has 2 saturated heterocycles. The Morgan fingerprint density at radius 2 is 1.34 bits per heavy atom. The fourth-order valence-electron chi connectivity index (χ4n) is 10.6. The molecule has 10 rings (SSSR count). The number of fused-ring (bicyclic) bond motifs is 3. The lowest BCUT2D eigenvalue weighted by Gasteiger charge is -2.37. The lowest BCUT2D eigenvalue weighted by atomic mass is 9.95. The van der Waals surface area contributed by atoms with E-state index in [0.29, 0.717) is 18.0 Å². The summed E-state index contributed by atoms with van der Waals surface area (Å²) in [6.07, 6.45) is 8.29. The Hall–Kier alpha value is -6.96. The van der Waals surface area contributed by atoms with E-state index in [9.17, 15) is 19.2 Å². The first-order chi connectivity index (χ1) is 31.5. The minimum absolute atomic E-state index is 0.0780. The second-order valence-corrected chi connectivity index (χ2v) is 18.7. The summed E-state index contributed by atoms with van der Waals surface area (Å²) in [5.74, 6) is 1.44. The zero-order valence-corrected chi connectivity index (χ0v) is 37.0. The van der Waals surface area contributed by atoms with Gasteiger partial charge in [0.15, 0.2) is 0 Å². The Bertz CT molecular complexity index is 2760. The molecule has 4 fully saturated rings. The highest BCUT2D eigenvalue weighted by Crippen LogP contribution is 2.58. The monoisotopic (exact) mass is 874 g/mol. The van der Waals surface area contributed by atoms with Gasteiger partial charge in [0.1, 0.15) is 23.7 Å². The number of rotatable bonds is 11. The van der Waals surface area contributed by atoms with Crippen molar-refractivity contribution in [3.05, 3.63) is 121 Å². The van der Waals surface area contributed by atoms with Gasteiger partial charge in [0, 0.05) is 18.2 Å². The van der Waals surface area contributed by atoms with Crippen molar-refractivity contribution in [2.24, 2.45) is 17.3 Å². The predicted octanol–water partition coefficient (Wildman–Crippen LogP) is 8.87. The third kappa shape index (κ3) is 7.99. The molecular formula is C51H54N8O6. The summed E-state index contributed by atoms with van der Waals surface area (Å²) in [6, 6.07) is 28.7. The van der Waals surface area contributed by atoms with E-state index in [1.165, 1.54) is 14.2 Å². The SMILES string of the molecule is COC(=O)N[C@H](C(=O)N1CC2(CC2)C[C@H]1c1ncc(-c2ccc3cc(-c4ccc(-c5cnc(C6C7CCC(C7)N6C(=O)[C@@H](NC(=O)OC)C(C)C)[nH]5)cc4)ccc3c2)[nH]1)c1ccccc1. The molecule has 4 amide bonds. The number of nitrogens with one attached hydrogen (secondary N) is 4. The summed E-state index contributed by atoms with van der Waals surface area (Å²) < 4.78 is 9.73. The van der Waals surface area contributed by atoms with Gasteiger partial charge in [-0.05, 0) is 101 Å². The van der Waals surface area contributed by atoms with E-state index in [1.54, 1.807) is 0 Å². The van der Waals surface area contributed by atoms with Crippen LogP contribution < -0.4 is 10.6 Å². The summed E-state index contributed by atoms with van der Waals surface area (Å²) in [5, 5.41) is 7.73. The molecule has 334 valence electrons. The number of aromatic amines is 2. The second-order valence-electron chi connectivity index (χ2n) is 18.7. The van der Waals surface area contributed by atoms with E-state index in [2.05, 4.69) is 81.3 Å². The van der Waals surface area contributed by atoms with Crippen molar-refractivity contribution >= 4 is 34.8 Å². The van der Waals surface area contributed by atoms with Crippen molar-refractivity contribution in [3.8, 4) is 33.6 Å². The molecule has 6 aromatic rings. The van der Waals surface area contributed by atoms with Crippen LogP contribution in [0.25, 0.3) is 44.4 Å². The number of methoxy groups -OCH3 is 2. The molecule has 4 aromatic carbocycles. The van der Waals surface area contributed by atoms with Crippen LogP contribution in [0.3, 0.4) is 0 Å². The van der Waals surface area contributed by atoms with E-state index in [-0.39, 0.29) is 41.3 Å². The third-order valence-corrected chi connectivity index (χ3v) is 14.3. The number of likely N-dealkylation sites (tertiary alicyclic amines) is 2. The Labute approximate surface area is 377 Å². The molecule has 4 N–H and O–H groups in total. The number of imidazole rings is 2. The summed E-state index contributed by atoms with van der Waals surface area (Å²) >= 11 is 0. The number of hydrogen-bond donors (Lipinski definition) is 4. The van der Waals surface area contributed by atoms with Gasteiger partial charge in [0.25, 0.3) is 5.91 Å². The first kappa shape index (κ1) is 42.0. The number of amides is 4. The van der Waals surface area contributed by atoms with E-state index < -0.39 is 24.3 Å². The number of piperidine rings is 1. The first-order valence-corrected chi connectivity index (χ1v) is 22.6. The largest absolute Gasteiger partial charge is 0.453 e. The Morgan fingerprint density at radius 3 is 2.03 bits per heavy atom. The molecule has 14 heteroatoms. The number of benzene rings is 4. The summed E-state index contributed by atoms with van der Waals surface area (Å²) in [6.45, 7) is 4.48. The summed E-state index contributed by atoms with van der Waals surface area (Å²) in [5.41, 5.74) is 6.70. The normalized spacial score (nSPS) is 21.4. The number of alkyl carbamates (subject to hydrolysis) is 2. The minimum atomic E-state index is -0.881. The zero-order chi connectivity index (χ0) is 45.0. The topological polar surface area (TPSA) is 175 Å². The van der Waals surface area contributed by atoms with Crippen LogP contribution in [-0.4, -0.2) is 86.6 Å². The molecule has 3 unspecified atom stereocenters. The molecule has 6 atom stereocenters. The number of carbonyl (C=O) groups excluding carboxylic acids is 4. The van der Waals surface area contributed by atoms with Gasteiger partial charge >= 0.3 is 12.2 Å². The number of ether oxygens (including phenoxy) is 2. The van der Waals surface area contributed by atoms with Gasteiger partial charge in [0.05, 0.1) is 50.1 Å². The highest BCUT2D eigenvalue weighted by Gasteiger charge is 2.55. The first-order valence-electron chi connectivity index (χ1n) is 22.6. The Balaban J connectivity index is 0.839. The highest BCUT2D eigenvalue weighted by atomic mass is 16.5. The molecule has 2 bridgehead atoms. The van der Waals surface area contributed by atoms with E-state index in [1.807, 2.05) is 66.4 Å². The molecule has 1 spiro atoms. The van der Waals surface area contributed by atoms with E-state index in [4.69, 9.17) is 19.4 Å². The van der Waals surface area contributed by atoms with Gasteiger partial charge in [0.2, 0.25) is 5.91 Å². The zero-order valence-electron chi connectivity index (χ0n) is 37.0. The maximum absolute atomic E-state index is 14.3. The predicted molar refractivity (Wildman–Crippen MR) is 245 cm³/mol. The van der Waals surface area contributed by atoms with Crippen molar-refractivity contribution in [2.45, 2.75) is 82.6 Å². The molecule has 65 heavy (non-hydrogen) atoms. The van der Waals surface area contributed by atoms with Crippen LogP contribution in [-0.2, 0) is 19.1 Å². The van der Waals surface area contributed by atoms with Crippen LogP contribution in [0.2, 0.25) is 0 Å². The molecular weight excluding hydrogens is 821 g/mol. The number of nitrogens with zero attached hydrogens (tertiary/aromatic N) is 4. The smallest absolute Gasteiger partial charge is 0.407 e. The van der Waals surface area contributed by atoms with Crippen molar-refractivity contribution < 1.29 is 28.7 Å². The number of carbonyl (C=O) groups is 4. The fourth-order valence-corrected chi connectivity index (χ4v) is 10.6.